The molecule has 1 atom stereocenters. The van der Waals surface area contributed by atoms with Gasteiger partial charge in [0.2, 0.25) is 0 Å². The molecule has 2 heterocycles. The average Bonchev–Trinajstić information content (AvgIpc) is 3.18. The van der Waals surface area contributed by atoms with Crippen molar-refractivity contribution < 1.29 is 9.47 Å². The van der Waals surface area contributed by atoms with Crippen LogP contribution in [0.5, 0.6) is 5.75 Å². The van der Waals surface area contributed by atoms with Crippen molar-refractivity contribution in [2.75, 3.05) is 26.8 Å². The zero-order valence-electron chi connectivity index (χ0n) is 13.2. The van der Waals surface area contributed by atoms with E-state index in [1.54, 1.807) is 13.4 Å². The van der Waals surface area contributed by atoms with Crippen molar-refractivity contribution in [2.24, 2.45) is 0 Å². The summed E-state index contributed by atoms with van der Waals surface area (Å²) in [5, 5.41) is 0. The van der Waals surface area contributed by atoms with Crippen molar-refractivity contribution in [1.82, 2.24) is 14.9 Å². The monoisotopic (exact) mass is 301 g/mol. The van der Waals surface area contributed by atoms with Crippen LogP contribution < -0.4 is 4.74 Å². The normalized spacial score (nSPS) is 22.1. The van der Waals surface area contributed by atoms with Gasteiger partial charge in [-0.15, -0.1) is 0 Å². The average molecular weight is 301 g/mol. The van der Waals surface area contributed by atoms with E-state index in [4.69, 9.17) is 9.47 Å². The number of imidazole rings is 1. The van der Waals surface area contributed by atoms with Gasteiger partial charge >= 0.3 is 0 Å². The Labute approximate surface area is 131 Å². The lowest BCUT2D eigenvalue weighted by molar-refractivity contribution is -0.0360. The van der Waals surface area contributed by atoms with Crippen molar-refractivity contribution in [3.05, 3.63) is 48.0 Å². The van der Waals surface area contributed by atoms with Gasteiger partial charge in [0, 0.05) is 38.6 Å². The lowest BCUT2D eigenvalue weighted by atomic mass is 10.0. The lowest BCUT2D eigenvalue weighted by Crippen LogP contribution is -2.41. The van der Waals surface area contributed by atoms with E-state index < -0.39 is 0 Å². The fraction of sp³-hybridized carbons (Fsp3) is 0.471. The predicted molar refractivity (Wildman–Crippen MR) is 84.9 cm³/mol. The zero-order chi connectivity index (χ0) is 15.4. The van der Waals surface area contributed by atoms with Crippen LogP contribution in [0.15, 0.2) is 36.8 Å². The second kappa shape index (κ2) is 6.50. The summed E-state index contributed by atoms with van der Waals surface area (Å²) < 4.78 is 11.8. The molecule has 5 nitrogen and oxygen atoms in total. The zero-order valence-corrected chi connectivity index (χ0v) is 13.2. The Morgan fingerprint density at radius 2 is 2.14 bits per heavy atom. The molecule has 0 amide bonds. The molecule has 3 rings (SSSR count). The Hall–Kier alpha value is -1.85. The molecule has 0 bridgehead atoms. The molecule has 118 valence electrons. The number of aryl methyl sites for hydroxylation is 1. The van der Waals surface area contributed by atoms with E-state index in [1.807, 2.05) is 18.3 Å². The van der Waals surface area contributed by atoms with Gasteiger partial charge in [0.25, 0.3) is 0 Å². The number of ether oxygens (including phenoxy) is 2. The topological polar surface area (TPSA) is 50.4 Å². The number of hydrogen-bond donors (Lipinski definition) is 1. The van der Waals surface area contributed by atoms with E-state index in [-0.39, 0.29) is 5.60 Å². The van der Waals surface area contributed by atoms with Crippen LogP contribution in [0.25, 0.3) is 0 Å². The summed E-state index contributed by atoms with van der Waals surface area (Å²) in [4.78, 5) is 9.58. The van der Waals surface area contributed by atoms with E-state index in [9.17, 15) is 0 Å². The third kappa shape index (κ3) is 3.48. The maximum absolute atomic E-state index is 5.95. The number of H-pyrrole nitrogens is 1. The molecule has 1 saturated heterocycles. The van der Waals surface area contributed by atoms with Gasteiger partial charge in [-0.25, -0.2) is 4.98 Å². The highest BCUT2D eigenvalue weighted by Crippen LogP contribution is 2.27. The molecule has 1 fully saturated rings. The Morgan fingerprint density at radius 1 is 1.32 bits per heavy atom. The summed E-state index contributed by atoms with van der Waals surface area (Å²) in [5.41, 5.74) is 2.14. The van der Waals surface area contributed by atoms with Crippen LogP contribution in [0.1, 0.15) is 17.7 Å². The highest BCUT2D eigenvalue weighted by atomic mass is 16.5. The van der Waals surface area contributed by atoms with Gasteiger partial charge in [0.15, 0.2) is 0 Å². The number of benzene rings is 1. The van der Waals surface area contributed by atoms with Crippen molar-refractivity contribution in [3.8, 4) is 5.75 Å². The molecule has 5 heteroatoms. The van der Waals surface area contributed by atoms with Crippen LogP contribution in [-0.2, 0) is 11.3 Å². The number of nitrogens with one attached hydrogen (secondary N) is 1. The van der Waals surface area contributed by atoms with Crippen LogP contribution in [-0.4, -0.2) is 47.3 Å². The second-order valence-corrected chi connectivity index (χ2v) is 6.03. The number of rotatable bonds is 6. The molecule has 1 N–H and O–H groups in total. The molecule has 2 aromatic rings. The SMILES string of the molecule is CO[C@@]1(COc2ccc(C)cc2)CCN(Cc2cnc[nH]2)C1. The minimum atomic E-state index is -0.231. The molecule has 1 aliphatic rings. The Balaban J connectivity index is 1.57. The highest BCUT2D eigenvalue weighted by Gasteiger charge is 2.39. The van der Waals surface area contributed by atoms with Crippen LogP contribution in [0.2, 0.25) is 0 Å². The van der Waals surface area contributed by atoms with E-state index in [2.05, 4.69) is 33.9 Å². The summed E-state index contributed by atoms with van der Waals surface area (Å²) in [6, 6.07) is 8.15. The molecule has 0 unspecified atom stereocenters. The number of likely N-dealkylation sites (tertiary alicyclic amines) is 1. The molecular weight excluding hydrogens is 278 g/mol. The molecule has 1 aromatic carbocycles. The third-order valence-electron chi connectivity index (χ3n) is 4.30. The highest BCUT2D eigenvalue weighted by molar-refractivity contribution is 5.26. The Bertz CT molecular complexity index is 582. The van der Waals surface area contributed by atoms with Crippen molar-refractivity contribution >= 4 is 0 Å². The first kappa shape index (κ1) is 15.1. The molecule has 0 spiro atoms. The first-order chi connectivity index (χ1) is 10.7. The summed E-state index contributed by atoms with van der Waals surface area (Å²) in [7, 11) is 1.78. The molecule has 1 aromatic heterocycles. The third-order valence-corrected chi connectivity index (χ3v) is 4.30. The number of aromatic amines is 1. The second-order valence-electron chi connectivity index (χ2n) is 6.03. The minimum absolute atomic E-state index is 0.231. The van der Waals surface area contributed by atoms with Crippen LogP contribution >= 0.6 is 0 Å². The van der Waals surface area contributed by atoms with Gasteiger partial charge in [-0.05, 0) is 25.5 Å². The quantitative estimate of drug-likeness (QED) is 0.890. The van der Waals surface area contributed by atoms with Crippen LogP contribution in [0.3, 0.4) is 0 Å². The summed E-state index contributed by atoms with van der Waals surface area (Å²) >= 11 is 0. The van der Waals surface area contributed by atoms with E-state index in [0.29, 0.717) is 6.61 Å². The van der Waals surface area contributed by atoms with E-state index in [0.717, 1.165) is 37.5 Å². The van der Waals surface area contributed by atoms with Crippen molar-refractivity contribution in [3.63, 3.8) is 0 Å². The van der Waals surface area contributed by atoms with Gasteiger partial charge in [0.05, 0.1) is 6.33 Å². The smallest absolute Gasteiger partial charge is 0.119 e. The van der Waals surface area contributed by atoms with Gasteiger partial charge < -0.3 is 14.5 Å². The Kier molecular flexibility index (Phi) is 4.45. The predicted octanol–water partition coefficient (Wildman–Crippen LogP) is 2.39. The van der Waals surface area contributed by atoms with Crippen molar-refractivity contribution in [2.45, 2.75) is 25.5 Å². The Morgan fingerprint density at radius 3 is 2.82 bits per heavy atom. The number of hydrogen-bond acceptors (Lipinski definition) is 4. The van der Waals surface area contributed by atoms with Crippen LogP contribution in [0.4, 0.5) is 0 Å². The van der Waals surface area contributed by atoms with E-state index in [1.165, 1.54) is 5.56 Å². The van der Waals surface area contributed by atoms with Gasteiger partial charge in [-0.2, -0.15) is 0 Å². The number of methoxy groups -OCH3 is 1. The largest absolute Gasteiger partial charge is 0.491 e. The minimum Gasteiger partial charge on any atom is -0.491 e. The van der Waals surface area contributed by atoms with Gasteiger partial charge in [0.1, 0.15) is 18.0 Å². The fourth-order valence-corrected chi connectivity index (χ4v) is 2.87. The number of aromatic nitrogens is 2. The molecule has 0 radical (unpaired) electrons. The van der Waals surface area contributed by atoms with Gasteiger partial charge in [-0.3, -0.25) is 4.90 Å². The molecule has 0 aliphatic carbocycles. The fourth-order valence-electron chi connectivity index (χ4n) is 2.87. The lowest BCUT2D eigenvalue weighted by Gasteiger charge is -2.28. The summed E-state index contributed by atoms with van der Waals surface area (Å²) in [6.07, 6.45) is 4.56. The maximum Gasteiger partial charge on any atom is 0.119 e. The molecule has 0 saturated carbocycles. The maximum atomic E-state index is 5.95. The number of nitrogens with zero attached hydrogens (tertiary/aromatic N) is 2. The standard InChI is InChI=1S/C17H23N3O2/c1-14-3-5-16(6-4-14)22-12-17(21-2)7-8-20(11-17)10-15-9-18-13-19-15/h3-6,9,13H,7-8,10-12H2,1-2H3,(H,18,19)/t17-/m0/s1. The molecule has 22 heavy (non-hydrogen) atoms. The molecule has 1 aliphatic heterocycles. The first-order valence-electron chi connectivity index (χ1n) is 7.63. The van der Waals surface area contributed by atoms with Crippen molar-refractivity contribution in [1.29, 1.82) is 0 Å². The first-order valence-corrected chi connectivity index (χ1v) is 7.63. The summed E-state index contributed by atoms with van der Waals surface area (Å²) in [6.45, 7) is 5.39. The molecular formula is C17H23N3O2. The van der Waals surface area contributed by atoms with Gasteiger partial charge in [-0.1, -0.05) is 17.7 Å². The van der Waals surface area contributed by atoms with Crippen LogP contribution in [0, 0.1) is 6.92 Å². The summed E-state index contributed by atoms with van der Waals surface area (Å²) in [5.74, 6) is 0.897. The van der Waals surface area contributed by atoms with E-state index >= 15 is 0 Å².